The van der Waals surface area contributed by atoms with E-state index in [9.17, 15) is 8.42 Å². The van der Waals surface area contributed by atoms with E-state index >= 15 is 0 Å². The van der Waals surface area contributed by atoms with Gasteiger partial charge in [0.1, 0.15) is 11.0 Å². The second kappa shape index (κ2) is 5.57. The summed E-state index contributed by atoms with van der Waals surface area (Å²) in [6.45, 7) is 1.51. The quantitative estimate of drug-likeness (QED) is 0.926. The van der Waals surface area contributed by atoms with Crippen molar-refractivity contribution in [3.63, 3.8) is 0 Å². The average molecular weight is 331 g/mol. The minimum absolute atomic E-state index is 0.0843. The van der Waals surface area contributed by atoms with Gasteiger partial charge in [-0.15, -0.1) is 0 Å². The van der Waals surface area contributed by atoms with Crippen LogP contribution in [0.2, 0.25) is 5.02 Å². The highest BCUT2D eigenvalue weighted by Crippen LogP contribution is 2.41. The normalized spacial score (nSPS) is 13.1. The lowest BCUT2D eigenvalue weighted by atomic mass is 10.0. The van der Waals surface area contributed by atoms with Crippen molar-refractivity contribution >= 4 is 27.3 Å². The van der Waals surface area contributed by atoms with Crippen LogP contribution in [0.25, 0.3) is 11.1 Å². The number of nitrogens with zero attached hydrogens (tertiary/aromatic N) is 1. The highest BCUT2D eigenvalue weighted by atomic mass is 35.5. The molecule has 0 saturated heterocycles. The van der Waals surface area contributed by atoms with E-state index in [-0.39, 0.29) is 11.6 Å². The van der Waals surface area contributed by atoms with Gasteiger partial charge in [-0.3, -0.25) is 0 Å². The molecule has 0 amide bonds. The first-order valence-corrected chi connectivity index (χ1v) is 8.36. The maximum atomic E-state index is 11.8. The number of rotatable bonds is 4. The Morgan fingerprint density at radius 2 is 2.10 bits per heavy atom. The van der Waals surface area contributed by atoms with Crippen LogP contribution in [0.5, 0.6) is 5.75 Å². The summed E-state index contributed by atoms with van der Waals surface area (Å²) in [5.41, 5.74) is 6.75. The zero-order valence-electron chi connectivity index (χ0n) is 11.8. The fraction of sp³-hybridized carbons (Fsp3) is 0.308. The molecular weight excluding hydrogens is 316 g/mol. The summed E-state index contributed by atoms with van der Waals surface area (Å²) < 4.78 is 33.9. The van der Waals surface area contributed by atoms with Crippen molar-refractivity contribution in [1.82, 2.24) is 5.16 Å². The molecule has 8 heteroatoms. The van der Waals surface area contributed by atoms with Crippen LogP contribution in [0.1, 0.15) is 17.9 Å². The number of nitrogen functional groups attached to an aromatic ring is 1. The van der Waals surface area contributed by atoms with Crippen LogP contribution in [0.4, 0.5) is 5.82 Å². The fourth-order valence-corrected chi connectivity index (χ4v) is 2.66. The van der Waals surface area contributed by atoms with E-state index in [1.54, 1.807) is 18.2 Å². The van der Waals surface area contributed by atoms with E-state index in [0.29, 0.717) is 21.9 Å². The van der Waals surface area contributed by atoms with Gasteiger partial charge in [0.25, 0.3) is 0 Å². The molecule has 0 aliphatic rings. The van der Waals surface area contributed by atoms with E-state index in [1.807, 2.05) is 0 Å². The molecule has 114 valence electrons. The van der Waals surface area contributed by atoms with Crippen molar-refractivity contribution in [3.05, 3.63) is 29.0 Å². The minimum Gasteiger partial charge on any atom is -0.496 e. The monoisotopic (exact) mass is 330 g/mol. The number of methoxy groups -OCH3 is 1. The Balaban J connectivity index is 2.71. The van der Waals surface area contributed by atoms with E-state index in [4.69, 9.17) is 26.6 Å². The highest BCUT2D eigenvalue weighted by Gasteiger charge is 2.29. The maximum absolute atomic E-state index is 11.8. The summed E-state index contributed by atoms with van der Waals surface area (Å²) in [7, 11) is -1.87. The van der Waals surface area contributed by atoms with Crippen molar-refractivity contribution in [2.75, 3.05) is 19.1 Å². The third kappa shape index (κ3) is 2.98. The van der Waals surface area contributed by atoms with E-state index < -0.39 is 15.1 Å². The van der Waals surface area contributed by atoms with Crippen LogP contribution in [-0.2, 0) is 9.84 Å². The molecule has 1 aromatic carbocycles. The SMILES string of the molecule is COc1ccc(Cl)cc1-c1c(N)noc1C(C)S(C)(=O)=O. The number of nitrogens with two attached hydrogens (primary N) is 1. The van der Waals surface area contributed by atoms with E-state index in [2.05, 4.69) is 5.16 Å². The lowest BCUT2D eigenvalue weighted by molar-refractivity contribution is 0.384. The first-order chi connectivity index (χ1) is 9.75. The molecule has 2 N–H and O–H groups in total. The first-order valence-electron chi connectivity index (χ1n) is 6.03. The Bertz CT molecular complexity index is 770. The van der Waals surface area contributed by atoms with Crippen molar-refractivity contribution < 1.29 is 17.7 Å². The topological polar surface area (TPSA) is 95.4 Å². The van der Waals surface area contributed by atoms with Crippen LogP contribution >= 0.6 is 11.6 Å². The number of hydrogen-bond donors (Lipinski definition) is 1. The zero-order chi connectivity index (χ0) is 15.8. The first kappa shape index (κ1) is 15.7. The molecule has 1 atom stereocenters. The van der Waals surface area contributed by atoms with Crippen LogP contribution in [0, 0.1) is 0 Å². The van der Waals surface area contributed by atoms with Gasteiger partial charge >= 0.3 is 0 Å². The molecule has 0 saturated carbocycles. The number of benzene rings is 1. The molecule has 0 fully saturated rings. The van der Waals surface area contributed by atoms with Gasteiger partial charge in [-0.25, -0.2) is 8.42 Å². The average Bonchev–Trinajstić information content (AvgIpc) is 2.78. The second-order valence-corrected chi connectivity index (χ2v) is 7.43. The van der Waals surface area contributed by atoms with Crippen LogP contribution < -0.4 is 10.5 Å². The van der Waals surface area contributed by atoms with Crippen molar-refractivity contribution in [1.29, 1.82) is 0 Å². The highest BCUT2D eigenvalue weighted by molar-refractivity contribution is 7.90. The Hall–Kier alpha value is -1.73. The molecule has 1 heterocycles. The van der Waals surface area contributed by atoms with Crippen LogP contribution in [-0.4, -0.2) is 26.9 Å². The summed E-state index contributed by atoms with van der Waals surface area (Å²) in [6, 6.07) is 4.95. The van der Waals surface area contributed by atoms with Gasteiger partial charge in [0.2, 0.25) is 0 Å². The maximum Gasteiger partial charge on any atom is 0.175 e. The van der Waals surface area contributed by atoms with Gasteiger partial charge in [-0.05, 0) is 25.1 Å². The molecule has 0 radical (unpaired) electrons. The lowest BCUT2D eigenvalue weighted by Crippen LogP contribution is -2.08. The Morgan fingerprint density at radius 1 is 1.43 bits per heavy atom. The molecule has 0 aliphatic heterocycles. The molecule has 0 aliphatic carbocycles. The van der Waals surface area contributed by atoms with Crippen molar-refractivity contribution in [2.24, 2.45) is 0 Å². The van der Waals surface area contributed by atoms with E-state index in [0.717, 1.165) is 6.26 Å². The van der Waals surface area contributed by atoms with Gasteiger partial charge in [0, 0.05) is 16.8 Å². The number of aromatic nitrogens is 1. The third-order valence-corrected chi connectivity index (χ3v) is 4.92. The van der Waals surface area contributed by atoms with Gasteiger partial charge in [-0.1, -0.05) is 16.8 Å². The zero-order valence-corrected chi connectivity index (χ0v) is 13.3. The second-order valence-electron chi connectivity index (χ2n) is 4.62. The molecule has 21 heavy (non-hydrogen) atoms. The van der Waals surface area contributed by atoms with Gasteiger partial charge in [0.05, 0.1) is 12.7 Å². The lowest BCUT2D eigenvalue weighted by Gasteiger charge is -2.11. The minimum atomic E-state index is -3.37. The molecule has 1 aromatic heterocycles. The predicted octanol–water partition coefficient (Wildman–Crippen LogP) is 2.69. The third-order valence-electron chi connectivity index (χ3n) is 3.19. The molecule has 0 spiro atoms. The molecule has 2 rings (SSSR count). The van der Waals surface area contributed by atoms with Crippen molar-refractivity contribution in [2.45, 2.75) is 12.2 Å². The summed E-state index contributed by atoms with van der Waals surface area (Å²) in [5, 5.41) is 3.25. The number of sulfone groups is 1. The summed E-state index contributed by atoms with van der Waals surface area (Å²) in [5.74, 6) is 0.743. The van der Waals surface area contributed by atoms with Crippen molar-refractivity contribution in [3.8, 4) is 16.9 Å². The molecule has 6 nitrogen and oxygen atoms in total. The van der Waals surface area contributed by atoms with Crippen LogP contribution in [0.15, 0.2) is 22.7 Å². The van der Waals surface area contributed by atoms with Crippen LogP contribution in [0.3, 0.4) is 0 Å². The molecule has 2 aromatic rings. The van der Waals surface area contributed by atoms with Gasteiger partial charge in [0.15, 0.2) is 21.4 Å². The number of hydrogen-bond acceptors (Lipinski definition) is 6. The Morgan fingerprint density at radius 3 is 2.67 bits per heavy atom. The summed E-state index contributed by atoms with van der Waals surface area (Å²) in [4.78, 5) is 0. The fourth-order valence-electron chi connectivity index (χ4n) is 1.93. The predicted molar refractivity (Wildman–Crippen MR) is 81.2 cm³/mol. The summed E-state index contributed by atoms with van der Waals surface area (Å²) in [6.07, 6.45) is 1.12. The number of halogens is 1. The molecular formula is C13H15ClN2O4S. The van der Waals surface area contributed by atoms with Gasteiger partial charge in [-0.2, -0.15) is 0 Å². The number of ether oxygens (including phenoxy) is 1. The summed E-state index contributed by atoms with van der Waals surface area (Å²) >= 11 is 6.00. The largest absolute Gasteiger partial charge is 0.496 e. The molecule has 1 unspecified atom stereocenters. The van der Waals surface area contributed by atoms with E-state index in [1.165, 1.54) is 14.0 Å². The standard InChI is InChI=1S/C13H15ClN2O4S/c1-7(21(3,17)18)12-11(13(15)16-20-12)9-6-8(14)4-5-10(9)19-2/h4-7H,1-3H3,(H2,15,16). The Labute approximate surface area is 127 Å². The van der Waals surface area contributed by atoms with Gasteiger partial charge < -0.3 is 15.0 Å². The number of anilines is 1. The molecule has 0 bridgehead atoms. The smallest absolute Gasteiger partial charge is 0.175 e. The Kier molecular flexibility index (Phi) is 4.15.